The topological polar surface area (TPSA) is 51.8 Å². The Labute approximate surface area is 121 Å². The molecule has 0 unspecified atom stereocenters. The largest absolute Gasteiger partial charge is 0.330 e. The summed E-state index contributed by atoms with van der Waals surface area (Å²) in [7, 11) is 0. The summed E-state index contributed by atoms with van der Waals surface area (Å²) >= 11 is 0. The summed E-state index contributed by atoms with van der Waals surface area (Å²) < 4.78 is 0. The molecule has 1 aromatic carbocycles. The van der Waals surface area contributed by atoms with Crippen molar-refractivity contribution in [1.82, 2.24) is 9.97 Å². The summed E-state index contributed by atoms with van der Waals surface area (Å²) in [5.74, 6) is 0.871. The molecular formula is C17H23N3. The molecule has 0 radical (unpaired) electrons. The molecule has 0 atom stereocenters. The fourth-order valence-corrected chi connectivity index (χ4v) is 2.08. The molecule has 2 N–H and O–H groups in total. The molecule has 1 aromatic heterocycles. The summed E-state index contributed by atoms with van der Waals surface area (Å²) in [5.41, 5.74) is 10.2. The summed E-state index contributed by atoms with van der Waals surface area (Å²) in [6.07, 6.45) is 0.796. The minimum Gasteiger partial charge on any atom is -0.330 e. The predicted molar refractivity (Wildman–Crippen MR) is 83.5 cm³/mol. The van der Waals surface area contributed by atoms with E-state index in [9.17, 15) is 0 Å². The third-order valence-corrected chi connectivity index (χ3v) is 3.44. The van der Waals surface area contributed by atoms with Gasteiger partial charge in [0.2, 0.25) is 0 Å². The predicted octanol–water partition coefficient (Wildman–Crippen LogP) is 3.29. The number of hydrogen-bond acceptors (Lipinski definition) is 3. The van der Waals surface area contributed by atoms with Gasteiger partial charge in [0.15, 0.2) is 0 Å². The molecule has 106 valence electrons. The highest BCUT2D eigenvalue weighted by molar-refractivity contribution is 5.59. The van der Waals surface area contributed by atoms with Crippen molar-refractivity contribution in [3.63, 3.8) is 0 Å². The molecule has 0 aliphatic heterocycles. The van der Waals surface area contributed by atoms with Crippen LogP contribution >= 0.6 is 0 Å². The molecule has 20 heavy (non-hydrogen) atoms. The third-order valence-electron chi connectivity index (χ3n) is 3.44. The lowest BCUT2D eigenvalue weighted by atomic mass is 9.89. The average molecular weight is 269 g/mol. The molecule has 0 saturated carbocycles. The Hall–Kier alpha value is -1.74. The molecule has 0 aliphatic carbocycles. The van der Waals surface area contributed by atoms with Crippen molar-refractivity contribution >= 4 is 0 Å². The summed E-state index contributed by atoms with van der Waals surface area (Å²) in [6.45, 7) is 9.02. The third kappa shape index (κ3) is 3.64. The van der Waals surface area contributed by atoms with Gasteiger partial charge >= 0.3 is 0 Å². The molecule has 0 bridgehead atoms. The lowest BCUT2D eigenvalue weighted by molar-refractivity contribution is 0.367. The maximum absolute atomic E-state index is 5.80. The smallest absolute Gasteiger partial charge is 0.129 e. The van der Waals surface area contributed by atoms with Gasteiger partial charge in [-0.05, 0) is 31.9 Å². The van der Waals surface area contributed by atoms with Crippen molar-refractivity contribution in [2.45, 2.75) is 34.1 Å². The van der Waals surface area contributed by atoms with Crippen LogP contribution in [0.2, 0.25) is 0 Å². The van der Waals surface area contributed by atoms with Crippen molar-refractivity contribution in [3.05, 3.63) is 47.4 Å². The van der Waals surface area contributed by atoms with Crippen molar-refractivity contribution in [2.75, 3.05) is 6.54 Å². The fourth-order valence-electron chi connectivity index (χ4n) is 2.08. The summed E-state index contributed by atoms with van der Waals surface area (Å²) in [5, 5.41) is 0. The normalized spacial score (nSPS) is 11.7. The summed E-state index contributed by atoms with van der Waals surface area (Å²) in [6, 6.07) is 10.5. The Morgan fingerprint density at radius 3 is 2.30 bits per heavy atom. The average Bonchev–Trinajstić information content (AvgIpc) is 2.38. The number of nitrogens with two attached hydrogens (primary N) is 1. The van der Waals surface area contributed by atoms with Crippen molar-refractivity contribution in [3.8, 4) is 11.3 Å². The first-order valence-electron chi connectivity index (χ1n) is 7.01. The lowest BCUT2D eigenvalue weighted by Gasteiger charge is -2.21. The van der Waals surface area contributed by atoms with E-state index in [0.29, 0.717) is 6.54 Å². The first kappa shape index (κ1) is 14.7. The second-order valence-corrected chi connectivity index (χ2v) is 6.22. The van der Waals surface area contributed by atoms with Gasteiger partial charge in [0.25, 0.3) is 0 Å². The number of aromatic nitrogens is 2. The van der Waals surface area contributed by atoms with Crippen LogP contribution in [-0.4, -0.2) is 16.5 Å². The number of rotatable bonds is 4. The molecular weight excluding hydrogens is 246 g/mol. The minimum absolute atomic E-state index is 0.0261. The Morgan fingerprint density at radius 1 is 1.05 bits per heavy atom. The number of benzene rings is 1. The van der Waals surface area contributed by atoms with E-state index in [4.69, 9.17) is 10.7 Å². The molecule has 2 aromatic rings. The van der Waals surface area contributed by atoms with Crippen LogP contribution in [0.1, 0.15) is 30.9 Å². The molecule has 3 nitrogen and oxygen atoms in total. The SMILES string of the molecule is Cc1ccc(-c2cc(C)nc(CC(C)(C)CN)n2)cc1. The van der Waals surface area contributed by atoms with Gasteiger partial charge in [-0.1, -0.05) is 43.7 Å². The van der Waals surface area contributed by atoms with E-state index in [2.05, 4.69) is 50.0 Å². The standard InChI is InChI=1S/C17H23N3/c1-12-5-7-14(8-6-12)15-9-13(2)19-16(20-15)10-17(3,4)11-18/h5-9H,10-11,18H2,1-4H3. The van der Waals surface area contributed by atoms with Crippen molar-refractivity contribution < 1.29 is 0 Å². The highest BCUT2D eigenvalue weighted by Crippen LogP contribution is 2.22. The Balaban J connectivity index is 2.36. The Kier molecular flexibility index (Phi) is 4.19. The van der Waals surface area contributed by atoms with Crippen LogP contribution in [0.3, 0.4) is 0 Å². The molecule has 3 heteroatoms. The maximum atomic E-state index is 5.80. The zero-order chi connectivity index (χ0) is 14.8. The van der Waals surface area contributed by atoms with Gasteiger partial charge in [0.1, 0.15) is 5.82 Å². The van der Waals surface area contributed by atoms with Gasteiger partial charge in [-0.3, -0.25) is 0 Å². The van der Waals surface area contributed by atoms with Crippen molar-refractivity contribution in [2.24, 2.45) is 11.1 Å². The minimum atomic E-state index is 0.0261. The van der Waals surface area contributed by atoms with Crippen molar-refractivity contribution in [1.29, 1.82) is 0 Å². The van der Waals surface area contributed by atoms with Crippen LogP contribution < -0.4 is 5.73 Å². The maximum Gasteiger partial charge on any atom is 0.129 e. The van der Waals surface area contributed by atoms with E-state index >= 15 is 0 Å². The number of hydrogen-bond donors (Lipinski definition) is 1. The zero-order valence-corrected chi connectivity index (χ0v) is 12.8. The molecule has 0 amide bonds. The van der Waals surface area contributed by atoms with Crippen LogP contribution in [0.15, 0.2) is 30.3 Å². The highest BCUT2D eigenvalue weighted by Gasteiger charge is 2.18. The van der Waals surface area contributed by atoms with Gasteiger partial charge in [-0.2, -0.15) is 0 Å². The quantitative estimate of drug-likeness (QED) is 0.926. The molecule has 1 heterocycles. The van der Waals surface area contributed by atoms with E-state index < -0.39 is 0 Å². The monoisotopic (exact) mass is 269 g/mol. The molecule has 0 fully saturated rings. The Morgan fingerprint density at radius 2 is 1.70 bits per heavy atom. The highest BCUT2D eigenvalue weighted by atomic mass is 14.9. The van der Waals surface area contributed by atoms with Crippen LogP contribution in [0.5, 0.6) is 0 Å². The first-order chi connectivity index (χ1) is 9.39. The van der Waals surface area contributed by atoms with E-state index in [1.54, 1.807) is 0 Å². The fraction of sp³-hybridized carbons (Fsp3) is 0.412. The molecule has 2 rings (SSSR count). The van der Waals surface area contributed by atoms with Gasteiger partial charge in [0, 0.05) is 17.7 Å². The van der Waals surface area contributed by atoms with Crippen LogP contribution in [0.4, 0.5) is 0 Å². The van der Waals surface area contributed by atoms with Gasteiger partial charge in [0.05, 0.1) is 5.69 Å². The summed E-state index contributed by atoms with van der Waals surface area (Å²) in [4.78, 5) is 9.24. The van der Waals surface area contributed by atoms with E-state index in [1.807, 2.05) is 13.0 Å². The molecule has 0 aliphatic rings. The van der Waals surface area contributed by atoms with E-state index in [-0.39, 0.29) is 5.41 Å². The van der Waals surface area contributed by atoms with Gasteiger partial charge in [-0.15, -0.1) is 0 Å². The second-order valence-electron chi connectivity index (χ2n) is 6.22. The second kappa shape index (κ2) is 5.71. The molecule has 0 spiro atoms. The van der Waals surface area contributed by atoms with Crippen LogP contribution in [0.25, 0.3) is 11.3 Å². The van der Waals surface area contributed by atoms with Crippen LogP contribution in [-0.2, 0) is 6.42 Å². The first-order valence-corrected chi connectivity index (χ1v) is 7.01. The Bertz CT molecular complexity index is 586. The van der Waals surface area contributed by atoms with Crippen LogP contribution in [0, 0.1) is 19.3 Å². The molecule has 0 saturated heterocycles. The number of nitrogens with zero attached hydrogens (tertiary/aromatic N) is 2. The lowest BCUT2D eigenvalue weighted by Crippen LogP contribution is -2.27. The zero-order valence-electron chi connectivity index (χ0n) is 12.8. The van der Waals surface area contributed by atoms with Gasteiger partial charge in [-0.25, -0.2) is 9.97 Å². The number of aryl methyl sites for hydroxylation is 2. The van der Waals surface area contributed by atoms with E-state index in [0.717, 1.165) is 29.2 Å². The van der Waals surface area contributed by atoms with E-state index in [1.165, 1.54) is 5.56 Å². The van der Waals surface area contributed by atoms with Gasteiger partial charge < -0.3 is 5.73 Å².